The van der Waals surface area contributed by atoms with Gasteiger partial charge in [-0.2, -0.15) is 0 Å². The maximum Gasteiger partial charge on any atom is 0.269 e. The van der Waals surface area contributed by atoms with Gasteiger partial charge in [0, 0.05) is 28.6 Å². The summed E-state index contributed by atoms with van der Waals surface area (Å²) in [6, 6.07) is 38.6. The summed E-state index contributed by atoms with van der Waals surface area (Å²) in [6.45, 7) is 22.5. The molecule has 0 aliphatic carbocycles. The second-order valence-corrected chi connectivity index (χ2v) is 22.1. The Labute approximate surface area is 445 Å². The lowest BCUT2D eigenvalue weighted by Crippen LogP contribution is -2.31. The number of hydrogen-bond acceptors (Lipinski definition) is 2. The summed E-state index contributed by atoms with van der Waals surface area (Å²) in [7, 11) is 0. The Morgan fingerprint density at radius 1 is 0.548 bits per heavy atom. The van der Waals surface area contributed by atoms with E-state index in [-0.39, 0.29) is 50.1 Å². The summed E-state index contributed by atoms with van der Waals surface area (Å²) < 4.78 is 100. The minimum atomic E-state index is -0.567. The highest BCUT2D eigenvalue weighted by Gasteiger charge is 2.27. The molecule has 8 aromatic carbocycles. The first kappa shape index (κ1) is 36.8. The maximum atomic E-state index is 9.09. The molecule has 11 rings (SSSR count). The third-order valence-corrected chi connectivity index (χ3v) is 14.3. The number of ether oxygens (including phenoxy) is 1. The highest BCUT2D eigenvalue weighted by atomic mass is 16.5. The highest BCUT2D eigenvalue weighted by molar-refractivity contribution is 6.10. The van der Waals surface area contributed by atoms with Gasteiger partial charge < -0.3 is 4.74 Å². The molecule has 0 saturated heterocycles. The van der Waals surface area contributed by atoms with Gasteiger partial charge in [-0.3, -0.25) is 13.7 Å². The van der Waals surface area contributed by atoms with E-state index in [0.29, 0.717) is 28.2 Å². The lowest BCUT2D eigenvalue weighted by molar-refractivity contribution is -0.571. The first-order valence-electron chi connectivity index (χ1n) is 29.9. The molecule has 0 spiro atoms. The summed E-state index contributed by atoms with van der Waals surface area (Å²) in [4.78, 5) is 5.29. The van der Waals surface area contributed by atoms with Gasteiger partial charge >= 0.3 is 0 Å². The van der Waals surface area contributed by atoms with Gasteiger partial charge in [-0.05, 0) is 115 Å². The fourth-order valence-electron chi connectivity index (χ4n) is 9.77. The predicted octanol–water partition coefficient (Wildman–Crippen LogP) is 17.7. The fraction of sp³-hybridized carbons (Fsp3) is 0.206. The van der Waals surface area contributed by atoms with E-state index in [1.54, 1.807) is 22.8 Å². The molecule has 0 N–H and O–H groups in total. The van der Waals surface area contributed by atoms with E-state index in [1.807, 2.05) is 65.4 Å². The standard InChI is InChI=1S/C68H64N4O/c1-45(66(2,3)4)57-42-64(69-43-59(57)48-31-33-49(34-32-48)67(5,6)7)72-60-38-35-50(68(8,9)10)39-58(60)56-37-36-53(41-63(56)72)73-52-26-19-25-51(40-52)70-44-71(62-30-18-17-29-61(62)70)65-54(46-21-13-11-14-22-46)27-20-28-55(65)47-23-15-12-16-24-47/h11-43,45H,1-10H3/i11D,12D,13D,14D,15D,16D,21D,22D,23D,24D. The van der Waals surface area contributed by atoms with Crippen molar-refractivity contribution in [1.82, 2.24) is 14.1 Å². The zero-order chi connectivity index (χ0) is 59.5. The van der Waals surface area contributed by atoms with Crippen LogP contribution in [0, 0.1) is 11.7 Å². The largest absolute Gasteiger partial charge is 0.458 e. The van der Waals surface area contributed by atoms with Crippen LogP contribution in [0.15, 0.2) is 200 Å². The normalized spacial score (nSPS) is 14.7. The Kier molecular flexibility index (Phi) is 9.20. The number of para-hydroxylation sites is 3. The third-order valence-electron chi connectivity index (χ3n) is 14.3. The van der Waals surface area contributed by atoms with Crippen LogP contribution >= 0.6 is 0 Å². The van der Waals surface area contributed by atoms with Crippen LogP contribution in [0.4, 0.5) is 0 Å². The molecule has 0 amide bonds. The summed E-state index contributed by atoms with van der Waals surface area (Å²) in [5, 5.41) is 2.15. The van der Waals surface area contributed by atoms with Gasteiger partial charge in [0.2, 0.25) is 0 Å². The van der Waals surface area contributed by atoms with E-state index in [0.717, 1.165) is 38.8 Å². The SMILES string of the molecule is [2H]c1c([2H])c([2H])c(-c2cccc(-c3c([2H])c([2H])c([2H])c([2H])c3[2H])c2-[n+]2[c-]n(-c3cccc(Oc4ccc5c6cc(C(C)(C)C)ccc6n(-c6cc(C(C)C(C)(C)C)c(-c7ccc(C(C)(C)C)cc7)cn6)c5c4)c3)c3ccccc32)c([2H])c1[2H]. The lowest BCUT2D eigenvalue weighted by Gasteiger charge is -2.30. The van der Waals surface area contributed by atoms with Gasteiger partial charge in [-0.15, -0.1) is 0 Å². The van der Waals surface area contributed by atoms with Crippen molar-refractivity contribution in [3.63, 3.8) is 0 Å². The van der Waals surface area contributed by atoms with Gasteiger partial charge in [0.25, 0.3) is 6.33 Å². The average molecular weight is 963 g/mol. The van der Waals surface area contributed by atoms with Crippen molar-refractivity contribution >= 4 is 32.8 Å². The van der Waals surface area contributed by atoms with Crippen molar-refractivity contribution in [2.45, 2.75) is 86.0 Å². The number of hydrogen-bond donors (Lipinski definition) is 0. The highest BCUT2D eigenvalue weighted by Crippen LogP contribution is 2.43. The molecule has 3 heterocycles. The number of nitrogens with zero attached hydrogens (tertiary/aromatic N) is 4. The van der Waals surface area contributed by atoms with Crippen LogP contribution in [0.5, 0.6) is 11.5 Å². The van der Waals surface area contributed by atoms with Crippen LogP contribution in [0.25, 0.3) is 83.4 Å². The molecule has 11 aromatic rings. The molecule has 0 aliphatic rings. The number of pyridine rings is 1. The number of rotatable bonds is 9. The minimum absolute atomic E-state index is 0.0186. The molecular weight excluding hydrogens is 889 g/mol. The third kappa shape index (κ3) is 8.92. The van der Waals surface area contributed by atoms with Crippen molar-refractivity contribution in [3.05, 3.63) is 223 Å². The fourth-order valence-corrected chi connectivity index (χ4v) is 9.77. The molecule has 73 heavy (non-hydrogen) atoms. The molecule has 0 aliphatic heterocycles. The number of aromatic nitrogens is 4. The first-order valence-corrected chi connectivity index (χ1v) is 24.9. The summed E-state index contributed by atoms with van der Waals surface area (Å²) >= 11 is 0. The van der Waals surface area contributed by atoms with E-state index < -0.39 is 60.4 Å². The van der Waals surface area contributed by atoms with E-state index in [9.17, 15) is 0 Å². The summed E-state index contributed by atoms with van der Waals surface area (Å²) in [6.07, 6.45) is 5.51. The van der Waals surface area contributed by atoms with Crippen LogP contribution in [-0.4, -0.2) is 14.1 Å². The van der Waals surface area contributed by atoms with Crippen LogP contribution in [0.2, 0.25) is 0 Å². The molecular formula is C68H64N4O. The molecule has 5 nitrogen and oxygen atoms in total. The van der Waals surface area contributed by atoms with E-state index in [4.69, 9.17) is 23.4 Å². The Balaban J connectivity index is 1.07. The lowest BCUT2D eigenvalue weighted by atomic mass is 9.75. The van der Waals surface area contributed by atoms with E-state index >= 15 is 0 Å². The first-order chi connectivity index (χ1) is 39.1. The molecule has 0 saturated carbocycles. The van der Waals surface area contributed by atoms with Gasteiger partial charge in [0.05, 0.1) is 47.1 Å². The van der Waals surface area contributed by atoms with Gasteiger partial charge in [0.15, 0.2) is 0 Å². The molecule has 0 bridgehead atoms. The summed E-state index contributed by atoms with van der Waals surface area (Å²) in [5.74, 6) is 2.05. The quantitative estimate of drug-likeness (QED) is 0.107. The predicted molar refractivity (Wildman–Crippen MR) is 304 cm³/mol. The average Bonchev–Trinajstić information content (AvgIpc) is 3.05. The topological polar surface area (TPSA) is 35.9 Å². The molecule has 1 unspecified atom stereocenters. The molecule has 5 heteroatoms. The maximum absolute atomic E-state index is 9.09. The van der Waals surface area contributed by atoms with Gasteiger partial charge in [0.1, 0.15) is 17.3 Å². The van der Waals surface area contributed by atoms with E-state index in [1.165, 1.54) is 16.7 Å². The van der Waals surface area contributed by atoms with Gasteiger partial charge in [-0.25, -0.2) is 4.98 Å². The molecule has 0 radical (unpaired) electrons. The van der Waals surface area contributed by atoms with Crippen LogP contribution < -0.4 is 9.30 Å². The zero-order valence-electron chi connectivity index (χ0n) is 53.1. The van der Waals surface area contributed by atoms with Crippen molar-refractivity contribution in [2.75, 3.05) is 0 Å². The van der Waals surface area contributed by atoms with Crippen molar-refractivity contribution in [3.8, 4) is 62.1 Å². The molecule has 0 fully saturated rings. The van der Waals surface area contributed by atoms with Crippen molar-refractivity contribution in [2.24, 2.45) is 5.41 Å². The minimum Gasteiger partial charge on any atom is -0.458 e. The monoisotopic (exact) mass is 963 g/mol. The number of fused-ring (bicyclic) bond motifs is 4. The Hall–Kier alpha value is -8.02. The molecule has 362 valence electrons. The number of benzene rings is 8. The Bertz CT molecular complexity index is 4300. The number of imidazole rings is 1. The second kappa shape index (κ2) is 18.2. The zero-order valence-corrected chi connectivity index (χ0v) is 43.1. The molecule has 3 aromatic heterocycles. The Morgan fingerprint density at radius 2 is 1.18 bits per heavy atom. The summed E-state index contributed by atoms with van der Waals surface area (Å²) in [5.41, 5.74) is 9.77. The van der Waals surface area contributed by atoms with Crippen molar-refractivity contribution < 1.29 is 23.0 Å². The van der Waals surface area contributed by atoms with Crippen molar-refractivity contribution in [1.29, 1.82) is 0 Å². The van der Waals surface area contributed by atoms with Crippen LogP contribution in [0.3, 0.4) is 0 Å². The molecule has 1 atom stereocenters. The van der Waals surface area contributed by atoms with Crippen LogP contribution in [0.1, 0.15) is 106 Å². The Morgan fingerprint density at radius 3 is 1.84 bits per heavy atom. The van der Waals surface area contributed by atoms with E-state index in [2.05, 4.69) is 141 Å². The second-order valence-electron chi connectivity index (χ2n) is 22.1. The van der Waals surface area contributed by atoms with Gasteiger partial charge in [-0.1, -0.05) is 209 Å². The van der Waals surface area contributed by atoms with Crippen LogP contribution in [-0.2, 0) is 10.8 Å². The smallest absolute Gasteiger partial charge is 0.269 e.